The number of carbonyl (C=O) groups is 1. The molecular formula is C20H25N3O5S. The molecule has 0 spiro atoms. The van der Waals surface area contributed by atoms with Crippen LogP contribution in [0.15, 0.2) is 39.9 Å². The summed E-state index contributed by atoms with van der Waals surface area (Å²) in [5, 5.41) is 13.6. The number of benzene rings is 1. The predicted molar refractivity (Wildman–Crippen MR) is 106 cm³/mol. The Labute approximate surface area is 170 Å². The van der Waals surface area contributed by atoms with Crippen molar-refractivity contribution in [2.45, 2.75) is 37.1 Å². The quantitative estimate of drug-likeness (QED) is 0.810. The van der Waals surface area contributed by atoms with Crippen LogP contribution in [-0.2, 0) is 14.8 Å². The first-order valence-electron chi connectivity index (χ1n) is 9.71. The summed E-state index contributed by atoms with van der Waals surface area (Å²) in [6.45, 7) is 2.91. The van der Waals surface area contributed by atoms with Gasteiger partial charge in [0.15, 0.2) is 5.76 Å². The summed E-state index contributed by atoms with van der Waals surface area (Å²) in [5.41, 5.74) is 0.397. The van der Waals surface area contributed by atoms with Gasteiger partial charge in [-0.2, -0.15) is 4.31 Å². The SMILES string of the molecule is Cc1ccc(-c2ccno2)cc1S(=O)(=O)N1CC[C@@]2(C(=O)O)CCCN(C)[C@@H]2C1. The molecule has 9 heteroatoms. The van der Waals surface area contributed by atoms with E-state index in [1.54, 1.807) is 31.2 Å². The number of sulfonamides is 1. The molecule has 1 N–H and O–H groups in total. The summed E-state index contributed by atoms with van der Waals surface area (Å²) >= 11 is 0. The van der Waals surface area contributed by atoms with E-state index in [2.05, 4.69) is 5.16 Å². The number of rotatable bonds is 4. The van der Waals surface area contributed by atoms with Crippen LogP contribution >= 0.6 is 0 Å². The summed E-state index contributed by atoms with van der Waals surface area (Å²) in [6.07, 6.45) is 3.23. The van der Waals surface area contributed by atoms with Crippen LogP contribution in [-0.4, -0.2) is 66.6 Å². The zero-order chi connectivity index (χ0) is 20.8. The third-order valence-electron chi connectivity index (χ3n) is 6.44. The monoisotopic (exact) mass is 419 g/mol. The first-order chi connectivity index (χ1) is 13.8. The molecule has 0 radical (unpaired) electrons. The molecule has 0 unspecified atom stereocenters. The fourth-order valence-corrected chi connectivity index (χ4v) is 6.41. The Morgan fingerprint density at radius 3 is 2.76 bits per heavy atom. The molecule has 2 saturated heterocycles. The number of piperidine rings is 2. The van der Waals surface area contributed by atoms with E-state index in [-0.39, 0.29) is 24.0 Å². The van der Waals surface area contributed by atoms with Crippen molar-refractivity contribution in [1.82, 2.24) is 14.4 Å². The second-order valence-electron chi connectivity index (χ2n) is 8.03. The van der Waals surface area contributed by atoms with Gasteiger partial charge in [0, 0.05) is 30.8 Å². The Kier molecular flexibility index (Phi) is 5.00. The van der Waals surface area contributed by atoms with Crippen LogP contribution in [0.25, 0.3) is 11.3 Å². The minimum absolute atomic E-state index is 0.178. The molecule has 2 aliphatic rings. The molecule has 0 saturated carbocycles. The summed E-state index contributed by atoms with van der Waals surface area (Å²) in [6, 6.07) is 6.50. The highest BCUT2D eigenvalue weighted by molar-refractivity contribution is 7.89. The largest absolute Gasteiger partial charge is 0.481 e. The van der Waals surface area contributed by atoms with Crippen molar-refractivity contribution >= 4 is 16.0 Å². The number of fused-ring (bicyclic) bond motifs is 1. The molecule has 0 aliphatic carbocycles. The molecule has 2 fully saturated rings. The van der Waals surface area contributed by atoms with Gasteiger partial charge in [-0.05, 0) is 51.4 Å². The van der Waals surface area contributed by atoms with Crippen molar-refractivity contribution in [3.63, 3.8) is 0 Å². The second kappa shape index (κ2) is 7.23. The zero-order valence-electron chi connectivity index (χ0n) is 16.5. The lowest BCUT2D eigenvalue weighted by molar-refractivity contribution is -0.160. The van der Waals surface area contributed by atoms with Gasteiger partial charge in [-0.1, -0.05) is 17.3 Å². The Bertz CT molecular complexity index is 1020. The number of hydrogen-bond acceptors (Lipinski definition) is 6. The van der Waals surface area contributed by atoms with Crippen molar-refractivity contribution in [1.29, 1.82) is 0 Å². The van der Waals surface area contributed by atoms with E-state index in [1.165, 1.54) is 10.5 Å². The molecule has 1 aromatic heterocycles. The number of carboxylic acid groups (broad SMARTS) is 1. The number of likely N-dealkylation sites (tertiary alicyclic amines) is 1. The van der Waals surface area contributed by atoms with Gasteiger partial charge in [-0.25, -0.2) is 8.42 Å². The van der Waals surface area contributed by atoms with Crippen LogP contribution in [0.1, 0.15) is 24.8 Å². The van der Waals surface area contributed by atoms with Gasteiger partial charge in [0.25, 0.3) is 0 Å². The first-order valence-corrected chi connectivity index (χ1v) is 11.2. The molecule has 2 aromatic rings. The third kappa shape index (κ3) is 3.27. The van der Waals surface area contributed by atoms with E-state index in [4.69, 9.17) is 4.52 Å². The van der Waals surface area contributed by atoms with Gasteiger partial charge in [0.2, 0.25) is 10.0 Å². The first kappa shape index (κ1) is 20.1. The average Bonchev–Trinajstić information content (AvgIpc) is 3.23. The van der Waals surface area contributed by atoms with Gasteiger partial charge in [0.05, 0.1) is 16.5 Å². The van der Waals surface area contributed by atoms with E-state index in [9.17, 15) is 18.3 Å². The molecule has 0 bridgehead atoms. The number of aromatic nitrogens is 1. The molecule has 4 rings (SSSR count). The van der Waals surface area contributed by atoms with Crippen LogP contribution in [0.2, 0.25) is 0 Å². The summed E-state index contributed by atoms with van der Waals surface area (Å²) in [7, 11) is -1.90. The molecule has 3 heterocycles. The van der Waals surface area contributed by atoms with Crippen LogP contribution in [0.4, 0.5) is 0 Å². The van der Waals surface area contributed by atoms with Gasteiger partial charge >= 0.3 is 5.97 Å². The normalized spacial score (nSPS) is 26.2. The lowest BCUT2D eigenvalue weighted by Crippen LogP contribution is -2.63. The van der Waals surface area contributed by atoms with Crippen molar-refractivity contribution < 1.29 is 22.8 Å². The Morgan fingerprint density at radius 1 is 1.28 bits per heavy atom. The summed E-state index contributed by atoms with van der Waals surface area (Å²) in [5.74, 6) is -0.327. The predicted octanol–water partition coefficient (Wildman–Crippen LogP) is 2.21. The van der Waals surface area contributed by atoms with Gasteiger partial charge in [-0.15, -0.1) is 0 Å². The van der Waals surface area contributed by atoms with E-state index in [0.29, 0.717) is 29.7 Å². The third-order valence-corrected chi connectivity index (χ3v) is 8.45. The molecule has 1 aromatic carbocycles. The van der Waals surface area contributed by atoms with E-state index >= 15 is 0 Å². The minimum atomic E-state index is -3.78. The highest BCUT2D eigenvalue weighted by Gasteiger charge is 2.53. The van der Waals surface area contributed by atoms with Crippen molar-refractivity contribution in [3.05, 3.63) is 36.0 Å². The molecule has 156 valence electrons. The minimum Gasteiger partial charge on any atom is -0.481 e. The van der Waals surface area contributed by atoms with Gasteiger partial charge in [-0.3, -0.25) is 4.79 Å². The number of hydrogen-bond donors (Lipinski definition) is 1. The van der Waals surface area contributed by atoms with Gasteiger partial charge < -0.3 is 14.5 Å². The van der Waals surface area contributed by atoms with Gasteiger partial charge in [0.1, 0.15) is 0 Å². The number of nitrogens with zero attached hydrogens (tertiary/aromatic N) is 3. The highest BCUT2D eigenvalue weighted by atomic mass is 32.2. The second-order valence-corrected chi connectivity index (χ2v) is 9.94. The molecule has 0 amide bonds. The Morgan fingerprint density at radius 2 is 2.07 bits per heavy atom. The maximum absolute atomic E-state index is 13.5. The van der Waals surface area contributed by atoms with Crippen molar-refractivity contribution in [2.24, 2.45) is 5.41 Å². The zero-order valence-corrected chi connectivity index (χ0v) is 17.4. The highest BCUT2D eigenvalue weighted by Crippen LogP contribution is 2.43. The van der Waals surface area contributed by atoms with E-state index in [0.717, 1.165) is 13.0 Å². The number of carboxylic acids is 1. The van der Waals surface area contributed by atoms with Crippen LogP contribution in [0.3, 0.4) is 0 Å². The number of aryl methyl sites for hydroxylation is 1. The fourth-order valence-electron chi connectivity index (χ4n) is 4.71. The summed E-state index contributed by atoms with van der Waals surface area (Å²) < 4.78 is 33.6. The van der Waals surface area contributed by atoms with Crippen molar-refractivity contribution in [3.8, 4) is 11.3 Å². The summed E-state index contributed by atoms with van der Waals surface area (Å²) in [4.78, 5) is 14.3. The number of aliphatic carboxylic acids is 1. The average molecular weight is 420 g/mol. The maximum Gasteiger partial charge on any atom is 0.311 e. The molecule has 29 heavy (non-hydrogen) atoms. The van der Waals surface area contributed by atoms with Crippen LogP contribution in [0, 0.1) is 12.3 Å². The fraction of sp³-hybridized carbons (Fsp3) is 0.500. The standard InChI is InChI=1S/C20H25N3O5S/c1-14-4-5-15(16-6-9-21-28-16)12-17(14)29(26,27)23-11-8-20(19(24)25)7-3-10-22(2)18(20)13-23/h4-6,9,12,18H,3,7-8,10-11,13H2,1-2H3,(H,24,25)/t18-,20+/m1/s1. The molecule has 2 aliphatic heterocycles. The van der Waals surface area contributed by atoms with E-state index in [1.807, 2.05) is 11.9 Å². The van der Waals surface area contributed by atoms with Crippen LogP contribution in [0.5, 0.6) is 0 Å². The molecule has 8 nitrogen and oxygen atoms in total. The van der Waals surface area contributed by atoms with Crippen molar-refractivity contribution in [2.75, 3.05) is 26.7 Å². The number of likely N-dealkylation sites (N-methyl/N-ethyl adjacent to an activating group) is 1. The lowest BCUT2D eigenvalue weighted by atomic mass is 9.69. The van der Waals surface area contributed by atoms with Crippen LogP contribution < -0.4 is 0 Å². The maximum atomic E-state index is 13.5. The Balaban J connectivity index is 1.69. The van der Waals surface area contributed by atoms with E-state index < -0.39 is 21.4 Å². The molecule has 2 atom stereocenters. The topological polar surface area (TPSA) is 104 Å². The smallest absolute Gasteiger partial charge is 0.311 e. The molecular weight excluding hydrogens is 394 g/mol. The Hall–Kier alpha value is -2.23. The lowest BCUT2D eigenvalue weighted by Gasteiger charge is -2.51.